The van der Waals surface area contributed by atoms with Crippen LogP contribution in [0.4, 0.5) is 17.5 Å². The average molecular weight is 513 g/mol. The van der Waals surface area contributed by atoms with Crippen molar-refractivity contribution in [2.24, 2.45) is 5.73 Å². The van der Waals surface area contributed by atoms with Gasteiger partial charge in [0.05, 0.1) is 26.3 Å². The van der Waals surface area contributed by atoms with Gasteiger partial charge in [0.1, 0.15) is 17.5 Å². The van der Waals surface area contributed by atoms with Crippen molar-refractivity contribution in [3.05, 3.63) is 35.4 Å². The number of carbonyl (C=O) groups is 1. The number of methoxy groups -OCH3 is 2. The number of nitrogens with one attached hydrogen (secondary N) is 1. The molecular weight excluding hydrogens is 476 g/mol. The summed E-state index contributed by atoms with van der Waals surface area (Å²) < 4.78 is 22.3. The van der Waals surface area contributed by atoms with Gasteiger partial charge >= 0.3 is 5.97 Å². The van der Waals surface area contributed by atoms with Gasteiger partial charge in [-0.15, -0.1) is 0 Å². The molecule has 11 heteroatoms. The van der Waals surface area contributed by atoms with Gasteiger partial charge < -0.3 is 41.5 Å². The molecule has 0 saturated carbocycles. The minimum atomic E-state index is -0.807. The molecule has 3 rings (SSSR count). The number of ether oxygens (including phenoxy) is 4. The van der Waals surface area contributed by atoms with E-state index in [-0.39, 0.29) is 19.0 Å². The Morgan fingerprint density at radius 1 is 1.08 bits per heavy atom. The van der Waals surface area contributed by atoms with E-state index >= 15 is 0 Å². The van der Waals surface area contributed by atoms with Crippen LogP contribution in [-0.4, -0.2) is 48.4 Å². The maximum atomic E-state index is 12.1. The van der Waals surface area contributed by atoms with Crippen molar-refractivity contribution >= 4 is 34.3 Å². The molecule has 0 spiro atoms. The smallest absolute Gasteiger partial charge is 0.323 e. The fourth-order valence-corrected chi connectivity index (χ4v) is 3.78. The first-order chi connectivity index (χ1) is 17.4. The molecule has 0 aliphatic heterocycles. The Balaban J connectivity index is 1.72. The van der Waals surface area contributed by atoms with Crippen LogP contribution in [0.2, 0.25) is 0 Å². The molecule has 0 aliphatic rings. The highest BCUT2D eigenvalue weighted by atomic mass is 16.6. The second kappa shape index (κ2) is 11.4. The number of aryl methyl sites for hydroxylation is 1. The van der Waals surface area contributed by atoms with Crippen molar-refractivity contribution in [1.29, 1.82) is 0 Å². The number of esters is 1. The number of hydrogen-bond acceptors (Lipinski definition) is 11. The molecule has 0 radical (unpaired) electrons. The highest BCUT2D eigenvalue weighted by Crippen LogP contribution is 2.40. The van der Waals surface area contributed by atoms with E-state index in [1.165, 1.54) is 0 Å². The molecule has 0 fully saturated rings. The lowest BCUT2D eigenvalue weighted by Gasteiger charge is -2.22. The van der Waals surface area contributed by atoms with E-state index in [1.807, 2.05) is 19.1 Å². The van der Waals surface area contributed by atoms with E-state index in [0.29, 0.717) is 35.1 Å². The molecule has 0 saturated heterocycles. The van der Waals surface area contributed by atoms with Gasteiger partial charge in [0.2, 0.25) is 11.7 Å². The van der Waals surface area contributed by atoms with Gasteiger partial charge in [-0.05, 0) is 44.9 Å². The van der Waals surface area contributed by atoms with Gasteiger partial charge in [-0.25, -0.2) is 4.98 Å². The molecule has 37 heavy (non-hydrogen) atoms. The predicted octanol–water partition coefficient (Wildman–Crippen LogP) is 3.17. The lowest BCUT2D eigenvalue weighted by atomic mass is 10.0. The molecule has 2 aromatic carbocycles. The molecule has 3 aromatic rings. The second-order valence-corrected chi connectivity index (χ2v) is 9.55. The molecule has 0 bridgehead atoms. The number of nitrogen functional groups attached to an aromatic ring is 2. The Hall–Kier alpha value is -3.99. The summed E-state index contributed by atoms with van der Waals surface area (Å²) in [5.74, 6) is 1.36. The zero-order chi connectivity index (χ0) is 27.3. The third-order valence-electron chi connectivity index (χ3n) is 5.61. The van der Waals surface area contributed by atoms with E-state index < -0.39 is 17.6 Å². The van der Waals surface area contributed by atoms with Gasteiger partial charge in [-0.1, -0.05) is 6.07 Å². The topological polar surface area (TPSA) is 170 Å². The van der Waals surface area contributed by atoms with Crippen LogP contribution in [0, 0.1) is 6.92 Å². The van der Waals surface area contributed by atoms with E-state index in [0.717, 1.165) is 22.2 Å². The Morgan fingerprint density at radius 2 is 1.73 bits per heavy atom. The van der Waals surface area contributed by atoms with Crippen molar-refractivity contribution in [3.8, 4) is 17.2 Å². The maximum absolute atomic E-state index is 12.1. The third-order valence-corrected chi connectivity index (χ3v) is 5.61. The molecule has 0 amide bonds. The van der Waals surface area contributed by atoms with Gasteiger partial charge in [-0.3, -0.25) is 4.79 Å². The number of rotatable bonds is 10. The Labute approximate surface area is 216 Å². The number of nitrogens with two attached hydrogens (primary N) is 3. The minimum Gasteiger partial charge on any atom is -0.493 e. The van der Waals surface area contributed by atoms with Crippen molar-refractivity contribution in [1.82, 2.24) is 9.97 Å². The Morgan fingerprint density at radius 3 is 2.32 bits per heavy atom. The van der Waals surface area contributed by atoms with Gasteiger partial charge in [-0.2, -0.15) is 4.98 Å². The van der Waals surface area contributed by atoms with Crippen LogP contribution in [0.3, 0.4) is 0 Å². The predicted molar refractivity (Wildman–Crippen MR) is 144 cm³/mol. The first kappa shape index (κ1) is 27.6. The SMILES string of the molecule is COc1cc(NCc2ccc3nc(N)nc(N)c3c2C)cc(OC)c1OCCC(N)C(=O)OC(C)(C)C. The van der Waals surface area contributed by atoms with E-state index in [2.05, 4.69) is 15.3 Å². The maximum Gasteiger partial charge on any atom is 0.323 e. The number of benzene rings is 2. The van der Waals surface area contributed by atoms with Crippen LogP contribution in [-0.2, 0) is 16.1 Å². The molecule has 200 valence electrons. The quantitative estimate of drug-likeness (QED) is 0.294. The van der Waals surface area contributed by atoms with Gasteiger partial charge in [0, 0.05) is 36.2 Å². The zero-order valence-electron chi connectivity index (χ0n) is 22.2. The molecule has 0 aliphatic carbocycles. The highest BCUT2D eigenvalue weighted by molar-refractivity contribution is 5.92. The summed E-state index contributed by atoms with van der Waals surface area (Å²) in [5, 5.41) is 4.16. The first-order valence-corrected chi connectivity index (χ1v) is 11.9. The largest absolute Gasteiger partial charge is 0.493 e. The molecule has 1 unspecified atom stereocenters. The number of carbonyl (C=O) groups excluding carboxylic acids is 1. The normalized spacial score (nSPS) is 12.2. The van der Waals surface area contributed by atoms with Gasteiger partial charge in [0.25, 0.3) is 0 Å². The van der Waals surface area contributed by atoms with Crippen molar-refractivity contribution in [3.63, 3.8) is 0 Å². The summed E-state index contributed by atoms with van der Waals surface area (Å²) in [6, 6.07) is 6.64. The Kier molecular flexibility index (Phi) is 8.49. The fraction of sp³-hybridized carbons (Fsp3) is 0.423. The van der Waals surface area contributed by atoms with Crippen LogP contribution < -0.4 is 36.7 Å². The second-order valence-electron chi connectivity index (χ2n) is 9.55. The first-order valence-electron chi connectivity index (χ1n) is 11.9. The molecule has 7 N–H and O–H groups in total. The summed E-state index contributed by atoms with van der Waals surface area (Å²) in [7, 11) is 3.08. The van der Waals surface area contributed by atoms with Crippen LogP contribution in [0.25, 0.3) is 10.9 Å². The lowest BCUT2D eigenvalue weighted by Crippen LogP contribution is -2.38. The highest BCUT2D eigenvalue weighted by Gasteiger charge is 2.23. The number of fused-ring (bicyclic) bond motifs is 1. The number of nitrogens with zero attached hydrogens (tertiary/aromatic N) is 2. The molecule has 1 aromatic heterocycles. The average Bonchev–Trinajstić information content (AvgIpc) is 2.82. The van der Waals surface area contributed by atoms with Crippen LogP contribution >= 0.6 is 0 Å². The summed E-state index contributed by atoms with van der Waals surface area (Å²) in [6.45, 7) is 8.02. The summed E-state index contributed by atoms with van der Waals surface area (Å²) in [4.78, 5) is 20.5. The van der Waals surface area contributed by atoms with E-state index in [4.69, 9.17) is 36.1 Å². The zero-order valence-corrected chi connectivity index (χ0v) is 22.2. The van der Waals surface area contributed by atoms with Crippen molar-refractivity contribution < 1.29 is 23.7 Å². The summed E-state index contributed by atoms with van der Waals surface area (Å²) >= 11 is 0. The molecule has 1 heterocycles. The van der Waals surface area contributed by atoms with Crippen LogP contribution in [0.1, 0.15) is 38.3 Å². The molecule has 11 nitrogen and oxygen atoms in total. The van der Waals surface area contributed by atoms with E-state index in [1.54, 1.807) is 47.1 Å². The van der Waals surface area contributed by atoms with Crippen molar-refractivity contribution in [2.45, 2.75) is 52.3 Å². The third kappa shape index (κ3) is 6.82. The van der Waals surface area contributed by atoms with E-state index in [9.17, 15) is 4.79 Å². The summed E-state index contributed by atoms with van der Waals surface area (Å²) in [5.41, 5.74) is 20.6. The number of hydrogen-bond donors (Lipinski definition) is 4. The number of anilines is 3. The monoisotopic (exact) mass is 512 g/mol. The Bertz CT molecular complexity index is 1250. The minimum absolute atomic E-state index is 0.142. The van der Waals surface area contributed by atoms with Crippen LogP contribution in [0.5, 0.6) is 17.2 Å². The van der Waals surface area contributed by atoms with Gasteiger partial charge in [0.15, 0.2) is 11.5 Å². The van der Waals surface area contributed by atoms with Crippen LogP contribution in [0.15, 0.2) is 24.3 Å². The fourth-order valence-electron chi connectivity index (χ4n) is 3.78. The summed E-state index contributed by atoms with van der Waals surface area (Å²) in [6.07, 6.45) is 0.265. The molecular formula is C26H36N6O5. The van der Waals surface area contributed by atoms with Crippen molar-refractivity contribution in [2.75, 3.05) is 37.6 Å². The number of aromatic nitrogens is 2. The standard InChI is InChI=1S/C26H36N6O5/c1-14-15(7-8-18-21(14)23(28)32-25(29)31-18)13-30-16-11-19(34-5)22(20(12-16)35-6)36-10-9-17(27)24(33)37-26(2,3)4/h7-8,11-12,17,30H,9-10,13,27H2,1-6H3,(H4,28,29,31,32). The lowest BCUT2D eigenvalue weighted by molar-refractivity contribution is -0.156. The molecule has 1 atom stereocenters.